The van der Waals surface area contributed by atoms with Crippen LogP contribution in [0.25, 0.3) is 0 Å². The zero-order valence-corrected chi connectivity index (χ0v) is 13.4. The summed E-state index contributed by atoms with van der Waals surface area (Å²) in [6.07, 6.45) is 4.68. The van der Waals surface area contributed by atoms with Gasteiger partial charge in [-0.25, -0.2) is 0 Å². The second-order valence-electron chi connectivity index (χ2n) is 5.77. The van der Waals surface area contributed by atoms with Crippen molar-refractivity contribution < 1.29 is 4.74 Å². The van der Waals surface area contributed by atoms with E-state index in [9.17, 15) is 0 Å². The monoisotopic (exact) mass is 282 g/mol. The maximum absolute atomic E-state index is 5.26. The Morgan fingerprint density at radius 3 is 2.10 bits per heavy atom. The van der Waals surface area contributed by atoms with Crippen LogP contribution in [0.4, 0.5) is 0 Å². The van der Waals surface area contributed by atoms with Gasteiger partial charge in [-0.3, -0.25) is 0 Å². The first-order valence-corrected chi connectivity index (χ1v) is 7.92. The van der Waals surface area contributed by atoms with E-state index in [2.05, 4.69) is 68.4 Å². The molecule has 0 aliphatic heterocycles. The van der Waals surface area contributed by atoms with Crippen LogP contribution in [0.5, 0.6) is 5.75 Å². The van der Waals surface area contributed by atoms with Crippen LogP contribution in [0.3, 0.4) is 0 Å². The summed E-state index contributed by atoms with van der Waals surface area (Å²) >= 11 is 0. The van der Waals surface area contributed by atoms with Gasteiger partial charge >= 0.3 is 0 Å². The molecule has 0 fully saturated rings. The number of ether oxygens (including phenoxy) is 1. The minimum absolute atomic E-state index is 0.241. The fourth-order valence-electron chi connectivity index (χ4n) is 3.25. The molecule has 2 aromatic rings. The van der Waals surface area contributed by atoms with Crippen molar-refractivity contribution >= 4 is 0 Å². The van der Waals surface area contributed by atoms with Crippen molar-refractivity contribution in [1.82, 2.24) is 0 Å². The molecular weight excluding hydrogens is 256 g/mol. The molecule has 0 bridgehead atoms. The van der Waals surface area contributed by atoms with E-state index < -0.39 is 0 Å². The number of hydrogen-bond donors (Lipinski definition) is 0. The van der Waals surface area contributed by atoms with Crippen LogP contribution in [0.15, 0.2) is 54.6 Å². The Labute approximate surface area is 129 Å². The third kappa shape index (κ3) is 3.66. The first-order chi connectivity index (χ1) is 10.2. The third-order valence-corrected chi connectivity index (χ3v) is 4.49. The molecule has 2 rings (SSSR count). The second-order valence-corrected chi connectivity index (χ2v) is 5.77. The molecule has 2 aromatic carbocycles. The molecule has 0 saturated carbocycles. The lowest BCUT2D eigenvalue weighted by atomic mass is 9.70. The van der Waals surface area contributed by atoms with Gasteiger partial charge in [0, 0.05) is 0 Å². The fourth-order valence-corrected chi connectivity index (χ4v) is 3.25. The van der Waals surface area contributed by atoms with E-state index in [4.69, 9.17) is 4.74 Å². The van der Waals surface area contributed by atoms with E-state index in [-0.39, 0.29) is 5.41 Å². The maximum Gasteiger partial charge on any atom is 0.118 e. The topological polar surface area (TPSA) is 9.23 Å². The van der Waals surface area contributed by atoms with E-state index in [0.29, 0.717) is 0 Å². The molecule has 1 atom stereocenters. The highest BCUT2D eigenvalue weighted by molar-refractivity contribution is 5.32. The van der Waals surface area contributed by atoms with Crippen LogP contribution in [0.2, 0.25) is 0 Å². The third-order valence-electron chi connectivity index (χ3n) is 4.49. The summed E-state index contributed by atoms with van der Waals surface area (Å²) in [5.41, 5.74) is 3.09. The first kappa shape index (κ1) is 15.6. The van der Waals surface area contributed by atoms with Crippen molar-refractivity contribution in [3.63, 3.8) is 0 Å². The van der Waals surface area contributed by atoms with E-state index in [1.54, 1.807) is 7.11 Å². The summed E-state index contributed by atoms with van der Waals surface area (Å²) in [4.78, 5) is 0. The molecule has 0 spiro atoms. The highest BCUT2D eigenvalue weighted by atomic mass is 16.5. The zero-order chi connectivity index (χ0) is 15.1. The second kappa shape index (κ2) is 7.31. The van der Waals surface area contributed by atoms with E-state index in [1.165, 1.54) is 24.0 Å². The molecule has 0 heterocycles. The summed E-state index contributed by atoms with van der Waals surface area (Å²) in [5, 5.41) is 0. The van der Waals surface area contributed by atoms with Crippen LogP contribution in [-0.4, -0.2) is 7.11 Å². The van der Waals surface area contributed by atoms with Gasteiger partial charge in [0.05, 0.1) is 7.11 Å². The van der Waals surface area contributed by atoms with Gasteiger partial charge in [-0.05, 0) is 47.9 Å². The van der Waals surface area contributed by atoms with Crippen LogP contribution in [0, 0.1) is 0 Å². The Morgan fingerprint density at radius 1 is 0.905 bits per heavy atom. The van der Waals surface area contributed by atoms with E-state index in [0.717, 1.165) is 18.6 Å². The molecule has 0 aliphatic rings. The Bertz CT molecular complexity index is 530. The molecule has 0 saturated heterocycles. The molecule has 0 N–H and O–H groups in total. The van der Waals surface area contributed by atoms with Gasteiger partial charge in [0.2, 0.25) is 0 Å². The summed E-state index contributed by atoms with van der Waals surface area (Å²) in [7, 11) is 1.71. The zero-order valence-electron chi connectivity index (χ0n) is 13.4. The predicted octanol–water partition coefficient (Wildman–Crippen LogP) is 5.39. The number of hydrogen-bond acceptors (Lipinski definition) is 1. The lowest BCUT2D eigenvalue weighted by Gasteiger charge is -2.34. The minimum Gasteiger partial charge on any atom is -0.497 e. The Balaban J connectivity index is 2.31. The van der Waals surface area contributed by atoms with Gasteiger partial charge in [-0.15, -0.1) is 0 Å². The van der Waals surface area contributed by atoms with Gasteiger partial charge in [0.1, 0.15) is 5.75 Å². The molecule has 112 valence electrons. The van der Waals surface area contributed by atoms with Crippen molar-refractivity contribution in [2.75, 3.05) is 7.11 Å². The van der Waals surface area contributed by atoms with Crippen molar-refractivity contribution in [1.29, 1.82) is 0 Å². The lowest BCUT2D eigenvalue weighted by molar-refractivity contribution is 0.371. The largest absolute Gasteiger partial charge is 0.497 e. The van der Waals surface area contributed by atoms with Crippen LogP contribution < -0.4 is 4.74 Å². The molecule has 1 heteroatoms. The molecule has 21 heavy (non-hydrogen) atoms. The van der Waals surface area contributed by atoms with Crippen molar-refractivity contribution in [2.45, 2.75) is 44.9 Å². The quantitative estimate of drug-likeness (QED) is 0.662. The highest BCUT2D eigenvalue weighted by Gasteiger charge is 2.29. The summed E-state index contributed by atoms with van der Waals surface area (Å²) in [6, 6.07) is 19.5. The average molecular weight is 282 g/mol. The number of benzene rings is 2. The average Bonchev–Trinajstić information content (AvgIpc) is 2.56. The van der Waals surface area contributed by atoms with E-state index in [1.807, 2.05) is 0 Å². The molecule has 0 radical (unpaired) electrons. The maximum atomic E-state index is 5.26. The van der Waals surface area contributed by atoms with Crippen LogP contribution in [-0.2, 0) is 11.8 Å². The van der Waals surface area contributed by atoms with Crippen LogP contribution >= 0.6 is 0 Å². The van der Waals surface area contributed by atoms with Crippen molar-refractivity contribution in [2.24, 2.45) is 0 Å². The number of methoxy groups -OCH3 is 1. The molecule has 0 aromatic heterocycles. The first-order valence-electron chi connectivity index (χ1n) is 7.92. The van der Waals surface area contributed by atoms with Gasteiger partial charge in [-0.1, -0.05) is 62.7 Å². The van der Waals surface area contributed by atoms with Crippen molar-refractivity contribution in [3.05, 3.63) is 65.7 Å². The van der Waals surface area contributed by atoms with Gasteiger partial charge in [0.15, 0.2) is 0 Å². The van der Waals surface area contributed by atoms with Gasteiger partial charge in [-0.2, -0.15) is 0 Å². The molecule has 0 aliphatic carbocycles. The predicted molar refractivity (Wildman–Crippen MR) is 90.0 cm³/mol. The highest BCUT2D eigenvalue weighted by Crippen LogP contribution is 2.36. The molecule has 1 nitrogen and oxygen atoms in total. The SMILES string of the molecule is CCCC(CC)(Cc1ccc(OC)cc1)c1ccccc1. The van der Waals surface area contributed by atoms with Gasteiger partial charge in [0.25, 0.3) is 0 Å². The molecular formula is C20H26O. The molecule has 0 amide bonds. The van der Waals surface area contributed by atoms with Crippen molar-refractivity contribution in [3.8, 4) is 5.75 Å². The Hall–Kier alpha value is -1.76. The summed E-state index contributed by atoms with van der Waals surface area (Å²) < 4.78 is 5.26. The minimum atomic E-state index is 0.241. The summed E-state index contributed by atoms with van der Waals surface area (Å²) in [5.74, 6) is 0.927. The van der Waals surface area contributed by atoms with Crippen LogP contribution in [0.1, 0.15) is 44.2 Å². The lowest BCUT2D eigenvalue weighted by Crippen LogP contribution is -2.28. The van der Waals surface area contributed by atoms with E-state index >= 15 is 0 Å². The summed E-state index contributed by atoms with van der Waals surface area (Å²) in [6.45, 7) is 4.59. The number of rotatable bonds is 7. The molecule has 1 unspecified atom stereocenters. The fraction of sp³-hybridized carbons (Fsp3) is 0.400. The Morgan fingerprint density at radius 2 is 1.57 bits per heavy atom. The Kier molecular flexibility index (Phi) is 5.44. The normalized spacial score (nSPS) is 13.7. The standard InChI is InChI=1S/C20H26O/c1-4-15-20(5-2,18-9-7-6-8-10-18)16-17-11-13-19(21-3)14-12-17/h6-14H,4-5,15-16H2,1-3H3. The van der Waals surface area contributed by atoms with Gasteiger partial charge < -0.3 is 4.74 Å². The smallest absolute Gasteiger partial charge is 0.118 e.